The standard InChI is InChI=1S/C22H24ClFN2O3/c23-20-13-19(24)6-4-17(20)5-7-22(28)25-21(15-27)18-3-1-2-16(12-18)14-26-8-10-29-11-9-26/h1-7,12-13,21,27H,8-11,14-15H2,(H,25,28)/b7-5+. The van der Waals surface area contributed by atoms with Gasteiger partial charge in [-0.1, -0.05) is 41.9 Å². The Morgan fingerprint density at radius 1 is 1.28 bits per heavy atom. The van der Waals surface area contributed by atoms with Crippen LogP contribution in [0.5, 0.6) is 0 Å². The van der Waals surface area contributed by atoms with E-state index in [2.05, 4.69) is 10.2 Å². The van der Waals surface area contributed by atoms with Crippen molar-refractivity contribution in [2.75, 3.05) is 32.9 Å². The molecule has 2 N–H and O–H groups in total. The number of rotatable bonds is 7. The van der Waals surface area contributed by atoms with Gasteiger partial charge in [0.05, 0.1) is 30.9 Å². The summed E-state index contributed by atoms with van der Waals surface area (Å²) in [7, 11) is 0. The van der Waals surface area contributed by atoms with Crippen molar-refractivity contribution in [2.24, 2.45) is 0 Å². The first-order valence-electron chi connectivity index (χ1n) is 9.48. The first kappa shape index (κ1) is 21.5. The van der Waals surface area contributed by atoms with Crippen LogP contribution in [0.15, 0.2) is 48.5 Å². The number of ether oxygens (including phenoxy) is 1. The fraction of sp³-hybridized carbons (Fsp3) is 0.318. The summed E-state index contributed by atoms with van der Waals surface area (Å²) in [6, 6.07) is 11.3. The molecule has 1 aliphatic heterocycles. The van der Waals surface area contributed by atoms with Gasteiger partial charge >= 0.3 is 0 Å². The molecule has 0 aliphatic carbocycles. The number of benzene rings is 2. The molecule has 0 bridgehead atoms. The van der Waals surface area contributed by atoms with Crippen LogP contribution in [0.3, 0.4) is 0 Å². The Bertz CT molecular complexity index is 869. The maximum absolute atomic E-state index is 13.1. The highest BCUT2D eigenvalue weighted by atomic mass is 35.5. The zero-order valence-corrected chi connectivity index (χ0v) is 16.7. The van der Waals surface area contributed by atoms with Gasteiger partial charge in [0, 0.05) is 25.7 Å². The largest absolute Gasteiger partial charge is 0.394 e. The van der Waals surface area contributed by atoms with E-state index in [4.69, 9.17) is 16.3 Å². The summed E-state index contributed by atoms with van der Waals surface area (Å²) < 4.78 is 18.5. The molecular formula is C22H24ClFN2O3. The highest BCUT2D eigenvalue weighted by Gasteiger charge is 2.15. The summed E-state index contributed by atoms with van der Waals surface area (Å²) in [6.45, 7) is 3.82. The number of hydrogen-bond donors (Lipinski definition) is 2. The molecule has 0 aromatic heterocycles. The number of hydrogen-bond acceptors (Lipinski definition) is 4. The van der Waals surface area contributed by atoms with E-state index in [1.165, 1.54) is 30.4 Å². The van der Waals surface area contributed by atoms with E-state index in [0.29, 0.717) is 5.56 Å². The number of nitrogens with one attached hydrogen (secondary N) is 1. The Hall–Kier alpha value is -2.25. The van der Waals surface area contributed by atoms with Crippen LogP contribution in [0.4, 0.5) is 4.39 Å². The smallest absolute Gasteiger partial charge is 0.244 e. The fourth-order valence-corrected chi connectivity index (χ4v) is 3.41. The van der Waals surface area contributed by atoms with Gasteiger partial charge in [-0.2, -0.15) is 0 Å². The third-order valence-electron chi connectivity index (χ3n) is 4.74. The van der Waals surface area contributed by atoms with E-state index in [-0.39, 0.29) is 17.5 Å². The van der Waals surface area contributed by atoms with Crippen molar-refractivity contribution < 1.29 is 19.0 Å². The van der Waals surface area contributed by atoms with E-state index in [1.807, 2.05) is 24.3 Å². The fourth-order valence-electron chi connectivity index (χ4n) is 3.18. The molecule has 0 radical (unpaired) electrons. The summed E-state index contributed by atoms with van der Waals surface area (Å²) >= 11 is 5.96. The second-order valence-electron chi connectivity index (χ2n) is 6.88. The van der Waals surface area contributed by atoms with Gasteiger partial charge in [0.25, 0.3) is 0 Å². The number of carbonyl (C=O) groups excluding carboxylic acids is 1. The van der Waals surface area contributed by atoms with Crippen LogP contribution >= 0.6 is 11.6 Å². The van der Waals surface area contributed by atoms with E-state index < -0.39 is 11.9 Å². The number of aliphatic hydroxyl groups is 1. The Morgan fingerprint density at radius 2 is 2.07 bits per heavy atom. The minimum Gasteiger partial charge on any atom is -0.394 e. The third-order valence-corrected chi connectivity index (χ3v) is 5.07. The lowest BCUT2D eigenvalue weighted by atomic mass is 10.0. The highest BCUT2D eigenvalue weighted by Crippen LogP contribution is 2.19. The Kier molecular flexibility index (Phi) is 7.77. The topological polar surface area (TPSA) is 61.8 Å². The van der Waals surface area contributed by atoms with Crippen molar-refractivity contribution in [3.05, 3.63) is 76.1 Å². The molecule has 0 saturated carbocycles. The van der Waals surface area contributed by atoms with Crippen molar-refractivity contribution in [1.82, 2.24) is 10.2 Å². The normalized spacial score (nSPS) is 16.1. The van der Waals surface area contributed by atoms with Gasteiger partial charge in [-0.25, -0.2) is 4.39 Å². The van der Waals surface area contributed by atoms with E-state index in [0.717, 1.165) is 44.0 Å². The van der Waals surface area contributed by atoms with Gasteiger partial charge in [-0.05, 0) is 34.9 Å². The average molecular weight is 419 g/mol. The van der Waals surface area contributed by atoms with E-state index in [9.17, 15) is 14.3 Å². The van der Waals surface area contributed by atoms with E-state index in [1.54, 1.807) is 0 Å². The quantitative estimate of drug-likeness (QED) is 0.678. The highest BCUT2D eigenvalue weighted by molar-refractivity contribution is 6.32. The predicted molar refractivity (Wildman–Crippen MR) is 111 cm³/mol. The summed E-state index contributed by atoms with van der Waals surface area (Å²) in [5, 5.41) is 12.8. The van der Waals surface area contributed by atoms with Gasteiger partial charge in [-0.15, -0.1) is 0 Å². The van der Waals surface area contributed by atoms with Crippen LogP contribution in [0, 0.1) is 5.82 Å². The number of halogens is 2. The van der Waals surface area contributed by atoms with Crippen LogP contribution in [0.25, 0.3) is 6.08 Å². The molecule has 1 unspecified atom stereocenters. The van der Waals surface area contributed by atoms with Crippen molar-refractivity contribution in [1.29, 1.82) is 0 Å². The number of carbonyl (C=O) groups is 1. The minimum atomic E-state index is -0.527. The van der Waals surface area contributed by atoms with E-state index >= 15 is 0 Å². The van der Waals surface area contributed by atoms with Crippen LogP contribution in [0.1, 0.15) is 22.7 Å². The molecule has 3 rings (SSSR count). The number of amides is 1. The molecule has 5 nitrogen and oxygen atoms in total. The first-order valence-corrected chi connectivity index (χ1v) is 9.86. The maximum atomic E-state index is 13.1. The zero-order chi connectivity index (χ0) is 20.6. The van der Waals surface area contributed by atoms with Gasteiger partial charge in [0.15, 0.2) is 0 Å². The molecule has 1 fully saturated rings. The maximum Gasteiger partial charge on any atom is 0.244 e. The SMILES string of the molecule is O=C(/C=C/c1ccc(F)cc1Cl)NC(CO)c1cccc(CN2CCOCC2)c1. The minimum absolute atomic E-state index is 0.224. The summed E-state index contributed by atoms with van der Waals surface area (Å²) in [4.78, 5) is 14.6. The van der Waals surface area contributed by atoms with Crippen molar-refractivity contribution >= 4 is 23.6 Å². The summed E-state index contributed by atoms with van der Waals surface area (Å²) in [5.74, 6) is -0.808. The first-order chi connectivity index (χ1) is 14.0. The van der Waals surface area contributed by atoms with Crippen LogP contribution < -0.4 is 5.32 Å². The number of aliphatic hydroxyl groups excluding tert-OH is 1. The summed E-state index contributed by atoms with van der Waals surface area (Å²) in [6.07, 6.45) is 2.83. The number of nitrogens with zero attached hydrogens (tertiary/aromatic N) is 1. The third kappa shape index (κ3) is 6.37. The van der Waals surface area contributed by atoms with Gasteiger partial charge in [-0.3, -0.25) is 9.69 Å². The molecule has 1 atom stereocenters. The Labute approximate surface area is 174 Å². The Balaban J connectivity index is 1.63. The molecular weight excluding hydrogens is 395 g/mol. The molecule has 2 aromatic rings. The molecule has 0 spiro atoms. The zero-order valence-electron chi connectivity index (χ0n) is 16.0. The second-order valence-corrected chi connectivity index (χ2v) is 7.28. The molecule has 154 valence electrons. The Morgan fingerprint density at radius 3 is 2.79 bits per heavy atom. The number of morpholine rings is 1. The van der Waals surface area contributed by atoms with Crippen molar-refractivity contribution in [3.63, 3.8) is 0 Å². The molecule has 1 amide bonds. The van der Waals surface area contributed by atoms with Crippen molar-refractivity contribution in [3.8, 4) is 0 Å². The average Bonchev–Trinajstić information content (AvgIpc) is 2.72. The molecule has 2 aromatic carbocycles. The molecule has 7 heteroatoms. The van der Waals surface area contributed by atoms with Gasteiger partial charge < -0.3 is 15.2 Å². The molecule has 1 aliphatic rings. The molecule has 29 heavy (non-hydrogen) atoms. The van der Waals surface area contributed by atoms with Crippen LogP contribution in [-0.4, -0.2) is 48.8 Å². The van der Waals surface area contributed by atoms with Crippen LogP contribution in [-0.2, 0) is 16.1 Å². The lowest BCUT2D eigenvalue weighted by Gasteiger charge is -2.27. The van der Waals surface area contributed by atoms with Crippen molar-refractivity contribution in [2.45, 2.75) is 12.6 Å². The molecule has 1 saturated heterocycles. The predicted octanol–water partition coefficient (Wildman–Crippen LogP) is 3.17. The van der Waals surface area contributed by atoms with Crippen LogP contribution in [0.2, 0.25) is 5.02 Å². The summed E-state index contributed by atoms with van der Waals surface area (Å²) in [5.41, 5.74) is 2.49. The second kappa shape index (κ2) is 10.5. The van der Waals surface area contributed by atoms with Gasteiger partial charge in [0.2, 0.25) is 5.91 Å². The molecule has 1 heterocycles. The lowest BCUT2D eigenvalue weighted by molar-refractivity contribution is -0.117. The lowest BCUT2D eigenvalue weighted by Crippen LogP contribution is -2.35. The van der Waals surface area contributed by atoms with Gasteiger partial charge in [0.1, 0.15) is 5.82 Å². The monoisotopic (exact) mass is 418 g/mol.